The van der Waals surface area contributed by atoms with Crippen LogP contribution in [0.2, 0.25) is 0 Å². The maximum Gasteiger partial charge on any atom is 0.172 e. The molecule has 0 aliphatic heterocycles. The lowest BCUT2D eigenvalue weighted by atomic mass is 10.1. The van der Waals surface area contributed by atoms with Crippen molar-refractivity contribution >= 4 is 5.78 Å². The highest BCUT2D eigenvalue weighted by Gasteiger charge is 2.17. The molecule has 0 N–H and O–H groups in total. The van der Waals surface area contributed by atoms with Crippen LogP contribution in [0.1, 0.15) is 31.1 Å². The van der Waals surface area contributed by atoms with Crippen LogP contribution in [0.25, 0.3) is 0 Å². The summed E-state index contributed by atoms with van der Waals surface area (Å²) in [7, 11) is 1.41. The van der Waals surface area contributed by atoms with E-state index in [-0.39, 0.29) is 23.2 Å². The summed E-state index contributed by atoms with van der Waals surface area (Å²) in [6.45, 7) is 5.01. The Labute approximate surface area is 94.2 Å². The minimum atomic E-state index is -0.516. The number of ketones is 1. The molecule has 0 saturated carbocycles. The maximum atomic E-state index is 13.2. The number of methoxy groups -OCH3 is 1. The Kier molecular flexibility index (Phi) is 3.88. The van der Waals surface area contributed by atoms with E-state index in [0.717, 1.165) is 6.07 Å². The average molecular weight is 226 g/mol. The van der Waals surface area contributed by atoms with Crippen molar-refractivity contribution in [1.29, 1.82) is 0 Å². The minimum absolute atomic E-state index is 0.113. The molecule has 0 atom stereocenters. The predicted molar refractivity (Wildman–Crippen MR) is 58.7 cm³/mol. The largest absolute Gasteiger partial charge is 0.493 e. The van der Waals surface area contributed by atoms with Crippen molar-refractivity contribution in [2.24, 2.45) is 0 Å². The summed E-state index contributed by atoms with van der Waals surface area (Å²) in [4.78, 5) is 11.4. The Hall–Kier alpha value is -1.58. The molecule has 1 aromatic carbocycles. The smallest absolute Gasteiger partial charge is 0.172 e. The third-order valence-corrected chi connectivity index (χ3v) is 1.97. The second-order valence-corrected chi connectivity index (χ2v) is 3.71. The lowest BCUT2D eigenvalue weighted by Gasteiger charge is -2.16. The summed E-state index contributed by atoms with van der Waals surface area (Å²) < 4.78 is 23.7. The third kappa shape index (κ3) is 2.72. The standard InChI is InChI=1S/C12H15FO3/c1-7(2)16-12-10(8(3)14)5-9(13)6-11(12)15-4/h5-7H,1-4H3. The van der Waals surface area contributed by atoms with Crippen LogP contribution in [-0.4, -0.2) is 19.0 Å². The van der Waals surface area contributed by atoms with Crippen LogP contribution >= 0.6 is 0 Å². The number of hydrogen-bond acceptors (Lipinski definition) is 3. The van der Waals surface area contributed by atoms with Gasteiger partial charge in [-0.2, -0.15) is 0 Å². The van der Waals surface area contributed by atoms with Gasteiger partial charge in [0.25, 0.3) is 0 Å². The van der Waals surface area contributed by atoms with Gasteiger partial charge in [-0.15, -0.1) is 0 Å². The van der Waals surface area contributed by atoms with E-state index in [9.17, 15) is 9.18 Å². The maximum absolute atomic E-state index is 13.2. The minimum Gasteiger partial charge on any atom is -0.493 e. The molecule has 0 unspecified atom stereocenters. The molecule has 4 heteroatoms. The van der Waals surface area contributed by atoms with E-state index < -0.39 is 5.82 Å². The van der Waals surface area contributed by atoms with E-state index >= 15 is 0 Å². The number of carbonyl (C=O) groups is 1. The van der Waals surface area contributed by atoms with Crippen LogP contribution in [0.5, 0.6) is 11.5 Å². The summed E-state index contributed by atoms with van der Waals surface area (Å²) in [5.74, 6) is -0.239. The molecule has 3 nitrogen and oxygen atoms in total. The Morgan fingerprint density at radius 3 is 2.44 bits per heavy atom. The van der Waals surface area contributed by atoms with Gasteiger partial charge in [0.2, 0.25) is 0 Å². The number of carbonyl (C=O) groups excluding carboxylic acids is 1. The van der Waals surface area contributed by atoms with Gasteiger partial charge in [-0.25, -0.2) is 4.39 Å². The molecular formula is C12H15FO3. The van der Waals surface area contributed by atoms with Crippen molar-refractivity contribution < 1.29 is 18.7 Å². The van der Waals surface area contributed by atoms with Gasteiger partial charge >= 0.3 is 0 Å². The van der Waals surface area contributed by atoms with E-state index in [1.54, 1.807) is 0 Å². The Bertz CT molecular complexity index is 399. The summed E-state index contributed by atoms with van der Waals surface area (Å²) in [5.41, 5.74) is 0.200. The molecule has 0 spiro atoms. The fraction of sp³-hybridized carbons (Fsp3) is 0.417. The zero-order valence-corrected chi connectivity index (χ0v) is 9.83. The molecular weight excluding hydrogens is 211 g/mol. The number of benzene rings is 1. The number of hydrogen-bond donors (Lipinski definition) is 0. The van der Waals surface area contributed by atoms with Crippen molar-refractivity contribution in [1.82, 2.24) is 0 Å². The molecule has 1 aromatic rings. The third-order valence-electron chi connectivity index (χ3n) is 1.97. The van der Waals surface area contributed by atoms with E-state index in [2.05, 4.69) is 0 Å². The monoisotopic (exact) mass is 226 g/mol. The number of ether oxygens (including phenoxy) is 2. The molecule has 1 rings (SSSR count). The number of halogens is 1. The van der Waals surface area contributed by atoms with Crippen LogP contribution in [0, 0.1) is 5.82 Å². The van der Waals surface area contributed by atoms with Gasteiger partial charge in [-0.1, -0.05) is 0 Å². The first-order chi connectivity index (χ1) is 7.45. The topological polar surface area (TPSA) is 35.5 Å². The molecule has 16 heavy (non-hydrogen) atoms. The summed E-state index contributed by atoms with van der Waals surface area (Å²) >= 11 is 0. The Balaban J connectivity index is 3.33. The normalized spacial score (nSPS) is 10.4. The number of rotatable bonds is 4. The van der Waals surface area contributed by atoms with Gasteiger partial charge in [-0.3, -0.25) is 4.79 Å². The van der Waals surface area contributed by atoms with Crippen LogP contribution < -0.4 is 9.47 Å². The lowest BCUT2D eigenvalue weighted by molar-refractivity contribution is 0.101. The Morgan fingerprint density at radius 2 is 2.00 bits per heavy atom. The highest BCUT2D eigenvalue weighted by atomic mass is 19.1. The molecule has 0 amide bonds. The van der Waals surface area contributed by atoms with Crippen LogP contribution in [0.3, 0.4) is 0 Å². The van der Waals surface area contributed by atoms with E-state index in [4.69, 9.17) is 9.47 Å². The number of Topliss-reactive ketones (excluding diaryl/α,β-unsaturated/α-hetero) is 1. The van der Waals surface area contributed by atoms with E-state index in [0.29, 0.717) is 5.75 Å². The van der Waals surface area contributed by atoms with Crippen LogP contribution in [0.4, 0.5) is 4.39 Å². The van der Waals surface area contributed by atoms with Gasteiger partial charge in [-0.05, 0) is 26.8 Å². The first-order valence-corrected chi connectivity index (χ1v) is 5.00. The van der Waals surface area contributed by atoms with Crippen molar-refractivity contribution in [3.63, 3.8) is 0 Å². The second-order valence-electron chi connectivity index (χ2n) is 3.71. The SMILES string of the molecule is COc1cc(F)cc(C(C)=O)c1OC(C)C. The van der Waals surface area contributed by atoms with Crippen molar-refractivity contribution in [2.45, 2.75) is 26.9 Å². The highest BCUT2D eigenvalue weighted by molar-refractivity contribution is 5.97. The molecule has 0 aromatic heterocycles. The fourth-order valence-electron chi connectivity index (χ4n) is 1.34. The van der Waals surface area contributed by atoms with Gasteiger partial charge < -0.3 is 9.47 Å². The molecule has 0 aliphatic carbocycles. The molecule has 0 aliphatic rings. The molecule has 0 saturated heterocycles. The molecule has 0 heterocycles. The Morgan fingerprint density at radius 1 is 1.38 bits per heavy atom. The van der Waals surface area contributed by atoms with Crippen LogP contribution in [-0.2, 0) is 0 Å². The second kappa shape index (κ2) is 4.96. The van der Waals surface area contributed by atoms with E-state index in [1.807, 2.05) is 13.8 Å². The average Bonchev–Trinajstić information content (AvgIpc) is 2.19. The molecule has 0 radical (unpaired) electrons. The first-order valence-electron chi connectivity index (χ1n) is 5.00. The lowest BCUT2D eigenvalue weighted by Crippen LogP contribution is -2.10. The summed E-state index contributed by atoms with van der Waals surface area (Å²) in [5, 5.41) is 0. The first kappa shape index (κ1) is 12.5. The highest BCUT2D eigenvalue weighted by Crippen LogP contribution is 2.33. The zero-order valence-electron chi connectivity index (χ0n) is 9.83. The predicted octanol–water partition coefficient (Wildman–Crippen LogP) is 2.82. The van der Waals surface area contributed by atoms with Crippen molar-refractivity contribution in [3.8, 4) is 11.5 Å². The van der Waals surface area contributed by atoms with Crippen molar-refractivity contribution in [2.75, 3.05) is 7.11 Å². The van der Waals surface area contributed by atoms with Gasteiger partial charge in [0.15, 0.2) is 17.3 Å². The quantitative estimate of drug-likeness (QED) is 0.740. The molecule has 0 fully saturated rings. The zero-order chi connectivity index (χ0) is 12.3. The van der Waals surface area contributed by atoms with Gasteiger partial charge in [0.1, 0.15) is 5.82 Å². The van der Waals surface area contributed by atoms with E-state index in [1.165, 1.54) is 20.1 Å². The van der Waals surface area contributed by atoms with Gasteiger partial charge in [0.05, 0.1) is 18.8 Å². The van der Waals surface area contributed by atoms with Gasteiger partial charge in [0, 0.05) is 6.07 Å². The summed E-state index contributed by atoms with van der Waals surface area (Å²) in [6, 6.07) is 2.35. The summed E-state index contributed by atoms with van der Waals surface area (Å²) in [6.07, 6.45) is -0.113. The molecule has 0 bridgehead atoms. The fourth-order valence-corrected chi connectivity index (χ4v) is 1.34. The van der Waals surface area contributed by atoms with Crippen LogP contribution in [0.15, 0.2) is 12.1 Å². The van der Waals surface area contributed by atoms with Crippen molar-refractivity contribution in [3.05, 3.63) is 23.5 Å². The molecule has 88 valence electrons.